The predicted octanol–water partition coefficient (Wildman–Crippen LogP) is 2.09. The SMILES string of the molecule is Cc1cccc(NC(=O)CN(C)C(=O)CCC2CCNC2)c1C. The Balaban J connectivity index is 1.79. The molecule has 126 valence electrons. The van der Waals surface area contributed by atoms with Gasteiger partial charge in [-0.1, -0.05) is 12.1 Å². The van der Waals surface area contributed by atoms with Gasteiger partial charge in [0.1, 0.15) is 0 Å². The number of amides is 2. The number of anilines is 1. The quantitative estimate of drug-likeness (QED) is 0.844. The predicted molar refractivity (Wildman–Crippen MR) is 92.4 cm³/mol. The number of carbonyl (C=O) groups is 2. The minimum atomic E-state index is -0.155. The fourth-order valence-electron chi connectivity index (χ4n) is 2.86. The lowest BCUT2D eigenvalue weighted by Crippen LogP contribution is -2.35. The molecule has 0 aromatic heterocycles. The van der Waals surface area contributed by atoms with E-state index < -0.39 is 0 Å². The van der Waals surface area contributed by atoms with Gasteiger partial charge in [0.15, 0.2) is 0 Å². The largest absolute Gasteiger partial charge is 0.336 e. The number of hydrogen-bond acceptors (Lipinski definition) is 3. The molecule has 2 N–H and O–H groups in total. The molecule has 0 aliphatic carbocycles. The first-order valence-corrected chi connectivity index (χ1v) is 8.28. The van der Waals surface area contributed by atoms with E-state index in [0.29, 0.717) is 12.3 Å². The van der Waals surface area contributed by atoms with Crippen LogP contribution in [0.4, 0.5) is 5.69 Å². The van der Waals surface area contributed by atoms with E-state index in [1.807, 2.05) is 32.0 Å². The molecule has 1 aromatic carbocycles. The van der Waals surface area contributed by atoms with Gasteiger partial charge in [0.2, 0.25) is 11.8 Å². The van der Waals surface area contributed by atoms with E-state index in [-0.39, 0.29) is 18.4 Å². The van der Waals surface area contributed by atoms with Crippen molar-refractivity contribution in [2.45, 2.75) is 33.1 Å². The highest BCUT2D eigenvalue weighted by atomic mass is 16.2. The Hall–Kier alpha value is -1.88. The first kappa shape index (κ1) is 17.5. The Morgan fingerprint density at radius 3 is 2.83 bits per heavy atom. The number of hydrogen-bond donors (Lipinski definition) is 2. The molecule has 1 heterocycles. The lowest BCUT2D eigenvalue weighted by atomic mass is 10.0. The number of likely N-dealkylation sites (N-methyl/N-ethyl adjacent to an activating group) is 1. The molecule has 0 spiro atoms. The number of rotatable bonds is 6. The van der Waals surface area contributed by atoms with Crippen molar-refractivity contribution in [3.05, 3.63) is 29.3 Å². The minimum Gasteiger partial charge on any atom is -0.336 e. The van der Waals surface area contributed by atoms with Crippen LogP contribution in [0.2, 0.25) is 0 Å². The molecule has 1 unspecified atom stereocenters. The van der Waals surface area contributed by atoms with E-state index >= 15 is 0 Å². The third-order valence-electron chi connectivity index (χ3n) is 4.61. The van der Waals surface area contributed by atoms with Gasteiger partial charge in [-0.15, -0.1) is 0 Å². The first-order valence-electron chi connectivity index (χ1n) is 8.28. The molecule has 2 amide bonds. The number of nitrogens with zero attached hydrogens (tertiary/aromatic N) is 1. The molecule has 5 heteroatoms. The van der Waals surface area contributed by atoms with Crippen LogP contribution >= 0.6 is 0 Å². The summed E-state index contributed by atoms with van der Waals surface area (Å²) in [4.78, 5) is 25.8. The topological polar surface area (TPSA) is 61.4 Å². The van der Waals surface area contributed by atoms with Crippen LogP contribution in [0.15, 0.2) is 18.2 Å². The van der Waals surface area contributed by atoms with Crippen molar-refractivity contribution in [1.82, 2.24) is 10.2 Å². The first-order chi connectivity index (χ1) is 11.0. The van der Waals surface area contributed by atoms with Crippen LogP contribution in [-0.4, -0.2) is 43.4 Å². The Bertz CT molecular complexity index is 565. The summed E-state index contributed by atoms with van der Waals surface area (Å²) in [6, 6.07) is 5.82. The molecule has 1 atom stereocenters. The van der Waals surface area contributed by atoms with Crippen molar-refractivity contribution in [2.75, 3.05) is 32.0 Å². The molecule has 1 saturated heterocycles. The fraction of sp³-hybridized carbons (Fsp3) is 0.556. The van der Waals surface area contributed by atoms with E-state index in [4.69, 9.17) is 0 Å². The van der Waals surface area contributed by atoms with E-state index in [1.54, 1.807) is 7.05 Å². The molecule has 2 rings (SSSR count). The Kier molecular flexibility index (Phi) is 6.16. The molecule has 0 saturated carbocycles. The monoisotopic (exact) mass is 317 g/mol. The van der Waals surface area contributed by atoms with Crippen LogP contribution in [0, 0.1) is 19.8 Å². The molecule has 0 bridgehead atoms. The second-order valence-electron chi connectivity index (χ2n) is 6.44. The van der Waals surface area contributed by atoms with Crippen molar-refractivity contribution in [3.8, 4) is 0 Å². The highest BCUT2D eigenvalue weighted by Gasteiger charge is 2.18. The second kappa shape index (κ2) is 8.11. The van der Waals surface area contributed by atoms with Crippen LogP contribution in [0.3, 0.4) is 0 Å². The Morgan fingerprint density at radius 2 is 2.13 bits per heavy atom. The number of carbonyl (C=O) groups excluding carboxylic acids is 2. The molecule has 0 radical (unpaired) electrons. The molecule has 1 fully saturated rings. The van der Waals surface area contributed by atoms with Crippen molar-refractivity contribution >= 4 is 17.5 Å². The zero-order valence-corrected chi connectivity index (χ0v) is 14.3. The van der Waals surface area contributed by atoms with Gasteiger partial charge in [-0.3, -0.25) is 9.59 Å². The summed E-state index contributed by atoms with van der Waals surface area (Å²) in [5.74, 6) is 0.473. The van der Waals surface area contributed by atoms with Crippen LogP contribution in [0.1, 0.15) is 30.4 Å². The van der Waals surface area contributed by atoms with Crippen molar-refractivity contribution in [2.24, 2.45) is 5.92 Å². The smallest absolute Gasteiger partial charge is 0.243 e. The maximum atomic E-state index is 12.1. The summed E-state index contributed by atoms with van der Waals surface area (Å²) in [5, 5.41) is 6.20. The van der Waals surface area contributed by atoms with Gasteiger partial charge in [-0.25, -0.2) is 0 Å². The van der Waals surface area contributed by atoms with Crippen LogP contribution < -0.4 is 10.6 Å². The summed E-state index contributed by atoms with van der Waals surface area (Å²) < 4.78 is 0. The molecular formula is C18H27N3O2. The van der Waals surface area contributed by atoms with Crippen molar-refractivity contribution in [1.29, 1.82) is 0 Å². The number of benzene rings is 1. The molecule has 5 nitrogen and oxygen atoms in total. The van der Waals surface area contributed by atoms with E-state index in [1.165, 1.54) is 4.90 Å². The maximum Gasteiger partial charge on any atom is 0.243 e. The highest BCUT2D eigenvalue weighted by molar-refractivity contribution is 5.95. The normalized spacial score (nSPS) is 17.1. The van der Waals surface area contributed by atoms with Crippen LogP contribution in [0.5, 0.6) is 0 Å². The molecule has 23 heavy (non-hydrogen) atoms. The lowest BCUT2D eigenvalue weighted by molar-refractivity contribution is -0.133. The second-order valence-corrected chi connectivity index (χ2v) is 6.44. The van der Waals surface area contributed by atoms with Gasteiger partial charge in [0, 0.05) is 19.2 Å². The molecule has 1 aliphatic rings. The average Bonchev–Trinajstić information content (AvgIpc) is 3.02. The standard InChI is InChI=1S/C18H27N3O2/c1-13-5-4-6-16(14(13)2)20-17(22)12-21(3)18(23)8-7-15-9-10-19-11-15/h4-6,15,19H,7-12H2,1-3H3,(H,20,22). The highest BCUT2D eigenvalue weighted by Crippen LogP contribution is 2.18. The third kappa shape index (κ3) is 5.06. The van der Waals surface area contributed by atoms with Crippen LogP contribution in [0.25, 0.3) is 0 Å². The molecule has 1 aliphatic heterocycles. The number of aryl methyl sites for hydroxylation is 1. The van der Waals surface area contributed by atoms with Gasteiger partial charge < -0.3 is 15.5 Å². The molecule has 1 aromatic rings. The summed E-state index contributed by atoms with van der Waals surface area (Å²) in [6.45, 7) is 6.14. The third-order valence-corrected chi connectivity index (χ3v) is 4.61. The Morgan fingerprint density at radius 1 is 1.35 bits per heavy atom. The van der Waals surface area contributed by atoms with Crippen molar-refractivity contribution < 1.29 is 9.59 Å². The zero-order valence-electron chi connectivity index (χ0n) is 14.3. The van der Waals surface area contributed by atoms with Gasteiger partial charge in [-0.05, 0) is 62.9 Å². The van der Waals surface area contributed by atoms with Crippen LogP contribution in [-0.2, 0) is 9.59 Å². The summed E-state index contributed by atoms with van der Waals surface area (Å²) in [5.41, 5.74) is 3.01. The van der Waals surface area contributed by atoms with Gasteiger partial charge in [-0.2, -0.15) is 0 Å². The fourth-order valence-corrected chi connectivity index (χ4v) is 2.86. The summed E-state index contributed by atoms with van der Waals surface area (Å²) in [7, 11) is 1.69. The Labute approximate surface area is 138 Å². The van der Waals surface area contributed by atoms with Gasteiger partial charge in [0.25, 0.3) is 0 Å². The lowest BCUT2D eigenvalue weighted by Gasteiger charge is -2.18. The summed E-state index contributed by atoms with van der Waals surface area (Å²) >= 11 is 0. The molecular weight excluding hydrogens is 290 g/mol. The van der Waals surface area contributed by atoms with E-state index in [0.717, 1.165) is 42.7 Å². The number of nitrogens with one attached hydrogen (secondary N) is 2. The van der Waals surface area contributed by atoms with E-state index in [9.17, 15) is 9.59 Å². The van der Waals surface area contributed by atoms with E-state index in [2.05, 4.69) is 10.6 Å². The van der Waals surface area contributed by atoms with Crippen molar-refractivity contribution in [3.63, 3.8) is 0 Å². The summed E-state index contributed by atoms with van der Waals surface area (Å²) in [6.07, 6.45) is 2.55. The zero-order chi connectivity index (χ0) is 16.8. The van der Waals surface area contributed by atoms with Gasteiger partial charge in [0.05, 0.1) is 6.54 Å². The average molecular weight is 317 g/mol. The maximum absolute atomic E-state index is 12.1. The minimum absolute atomic E-state index is 0.0352. The van der Waals surface area contributed by atoms with Gasteiger partial charge >= 0.3 is 0 Å².